The van der Waals surface area contributed by atoms with E-state index in [0.29, 0.717) is 31.6 Å². The highest BCUT2D eigenvalue weighted by molar-refractivity contribution is 7.08. The minimum Gasteiger partial charge on any atom is -0.356 e. The molecule has 0 saturated heterocycles. The molecule has 7 heteroatoms. The Bertz CT molecular complexity index is 371. The second-order valence-electron chi connectivity index (χ2n) is 3.86. The maximum Gasteiger partial charge on any atom is 0.252 e. The Hall–Kier alpha value is -1.11. The third-order valence-corrected chi connectivity index (χ3v) is 3.06. The summed E-state index contributed by atoms with van der Waals surface area (Å²) in [6.45, 7) is 1.65. The summed E-state index contributed by atoms with van der Waals surface area (Å²) in [7, 11) is 0. The fraction of sp³-hybridized carbons (Fsp3) is 0.500. The number of thiophene rings is 1. The summed E-state index contributed by atoms with van der Waals surface area (Å²) in [5, 5.41) is 9.11. The Labute approximate surface area is 123 Å². The number of unbranched alkanes of at least 4 members (excludes halogenated alkanes) is 1. The van der Waals surface area contributed by atoms with Gasteiger partial charge in [-0.3, -0.25) is 9.59 Å². The normalized spacial score (nSPS) is 9.53. The van der Waals surface area contributed by atoms with E-state index >= 15 is 0 Å². The molecule has 0 aliphatic rings. The quantitative estimate of drug-likeness (QED) is 0.630. The molecule has 0 radical (unpaired) electrons. The van der Waals surface area contributed by atoms with Gasteiger partial charge in [-0.2, -0.15) is 11.3 Å². The molecular formula is C12H20ClN3O2S. The number of carbonyl (C=O) groups is 2. The Morgan fingerprint density at radius 2 is 2.00 bits per heavy atom. The van der Waals surface area contributed by atoms with Crippen LogP contribution in [0.4, 0.5) is 0 Å². The molecule has 108 valence electrons. The number of nitrogens with one attached hydrogen (secondary N) is 2. The molecule has 0 fully saturated rings. The molecule has 0 bridgehead atoms. The van der Waals surface area contributed by atoms with Crippen LogP contribution in [-0.4, -0.2) is 31.4 Å². The average molecular weight is 306 g/mol. The van der Waals surface area contributed by atoms with E-state index in [2.05, 4.69) is 10.6 Å². The second kappa shape index (κ2) is 10.8. The lowest BCUT2D eigenvalue weighted by molar-refractivity contribution is -0.120. The Balaban J connectivity index is 0.00000324. The monoisotopic (exact) mass is 305 g/mol. The molecule has 19 heavy (non-hydrogen) atoms. The predicted octanol–water partition coefficient (Wildman–Crippen LogP) is 1.14. The minimum atomic E-state index is -0.132. The number of amides is 2. The van der Waals surface area contributed by atoms with Crippen LogP contribution in [0.15, 0.2) is 16.8 Å². The maximum atomic E-state index is 11.5. The SMILES string of the molecule is Cl.NCCCCNC(=O)CCNC(=O)c1ccsc1. The first-order valence-corrected chi connectivity index (χ1v) is 6.95. The van der Waals surface area contributed by atoms with Gasteiger partial charge in [-0.1, -0.05) is 0 Å². The lowest BCUT2D eigenvalue weighted by Crippen LogP contribution is -2.31. The number of hydrogen-bond acceptors (Lipinski definition) is 4. The topological polar surface area (TPSA) is 84.2 Å². The van der Waals surface area contributed by atoms with Crippen molar-refractivity contribution in [3.05, 3.63) is 22.4 Å². The average Bonchev–Trinajstić information content (AvgIpc) is 2.88. The van der Waals surface area contributed by atoms with Crippen molar-refractivity contribution in [2.75, 3.05) is 19.6 Å². The zero-order chi connectivity index (χ0) is 13.2. The summed E-state index contributed by atoms with van der Waals surface area (Å²) >= 11 is 1.47. The van der Waals surface area contributed by atoms with Crippen LogP contribution in [0, 0.1) is 0 Å². The molecule has 0 saturated carbocycles. The molecule has 1 aromatic heterocycles. The summed E-state index contributed by atoms with van der Waals surface area (Å²) in [5.41, 5.74) is 5.99. The van der Waals surface area contributed by atoms with Crippen molar-refractivity contribution in [1.82, 2.24) is 10.6 Å². The Morgan fingerprint density at radius 1 is 1.21 bits per heavy atom. The van der Waals surface area contributed by atoms with Crippen LogP contribution in [0.1, 0.15) is 29.6 Å². The highest BCUT2D eigenvalue weighted by Crippen LogP contribution is 2.04. The molecule has 0 spiro atoms. The molecule has 4 N–H and O–H groups in total. The molecular weight excluding hydrogens is 286 g/mol. The highest BCUT2D eigenvalue weighted by atomic mass is 35.5. The molecule has 1 aromatic rings. The number of nitrogens with two attached hydrogens (primary N) is 1. The van der Waals surface area contributed by atoms with Gasteiger partial charge in [-0.25, -0.2) is 0 Å². The van der Waals surface area contributed by atoms with Crippen LogP contribution in [0.5, 0.6) is 0 Å². The highest BCUT2D eigenvalue weighted by Gasteiger charge is 2.06. The summed E-state index contributed by atoms with van der Waals surface area (Å²) < 4.78 is 0. The van der Waals surface area contributed by atoms with E-state index in [1.54, 1.807) is 11.4 Å². The van der Waals surface area contributed by atoms with Crippen molar-refractivity contribution < 1.29 is 9.59 Å². The third kappa shape index (κ3) is 7.81. The number of halogens is 1. The molecule has 1 heterocycles. The van der Waals surface area contributed by atoms with E-state index in [0.717, 1.165) is 12.8 Å². The predicted molar refractivity (Wildman–Crippen MR) is 79.8 cm³/mol. The van der Waals surface area contributed by atoms with Crippen molar-refractivity contribution >= 4 is 35.6 Å². The van der Waals surface area contributed by atoms with Gasteiger partial charge in [-0.05, 0) is 30.8 Å². The fourth-order valence-corrected chi connectivity index (χ4v) is 2.01. The summed E-state index contributed by atoms with van der Waals surface area (Å²) in [5.74, 6) is -0.176. The lowest BCUT2D eigenvalue weighted by atomic mass is 10.3. The Kier molecular flexibility index (Phi) is 10.1. The van der Waals surface area contributed by atoms with Gasteiger partial charge in [0.25, 0.3) is 5.91 Å². The zero-order valence-electron chi connectivity index (χ0n) is 10.7. The maximum absolute atomic E-state index is 11.5. The summed E-state index contributed by atoms with van der Waals surface area (Å²) in [6.07, 6.45) is 2.11. The van der Waals surface area contributed by atoms with Crippen molar-refractivity contribution in [2.24, 2.45) is 5.73 Å². The number of rotatable bonds is 8. The third-order valence-electron chi connectivity index (χ3n) is 2.37. The van der Waals surface area contributed by atoms with Crippen molar-refractivity contribution in [3.8, 4) is 0 Å². The summed E-state index contributed by atoms with van der Waals surface area (Å²) in [6, 6.07) is 1.76. The number of carbonyl (C=O) groups excluding carboxylic acids is 2. The van der Waals surface area contributed by atoms with E-state index in [1.807, 2.05) is 5.38 Å². The van der Waals surface area contributed by atoms with Gasteiger partial charge in [0.2, 0.25) is 5.91 Å². The first kappa shape index (κ1) is 17.9. The van der Waals surface area contributed by atoms with E-state index in [4.69, 9.17) is 5.73 Å². The van der Waals surface area contributed by atoms with Crippen LogP contribution < -0.4 is 16.4 Å². The first-order valence-electron chi connectivity index (χ1n) is 6.01. The smallest absolute Gasteiger partial charge is 0.252 e. The first-order chi connectivity index (χ1) is 8.74. The van der Waals surface area contributed by atoms with Crippen LogP contribution in [0.2, 0.25) is 0 Å². The van der Waals surface area contributed by atoms with Gasteiger partial charge in [0.1, 0.15) is 0 Å². The van der Waals surface area contributed by atoms with Crippen LogP contribution in [-0.2, 0) is 4.79 Å². The van der Waals surface area contributed by atoms with Gasteiger partial charge < -0.3 is 16.4 Å². The molecule has 2 amide bonds. The summed E-state index contributed by atoms with van der Waals surface area (Å²) in [4.78, 5) is 22.9. The lowest BCUT2D eigenvalue weighted by Gasteiger charge is -2.05. The van der Waals surface area contributed by atoms with Gasteiger partial charge in [-0.15, -0.1) is 12.4 Å². The van der Waals surface area contributed by atoms with Crippen molar-refractivity contribution in [2.45, 2.75) is 19.3 Å². The Morgan fingerprint density at radius 3 is 2.63 bits per heavy atom. The second-order valence-corrected chi connectivity index (χ2v) is 4.64. The van der Waals surface area contributed by atoms with Crippen LogP contribution in [0.25, 0.3) is 0 Å². The molecule has 0 aromatic carbocycles. The van der Waals surface area contributed by atoms with E-state index in [9.17, 15) is 9.59 Å². The van der Waals surface area contributed by atoms with Crippen LogP contribution in [0.3, 0.4) is 0 Å². The molecule has 0 aliphatic heterocycles. The van der Waals surface area contributed by atoms with Gasteiger partial charge in [0.15, 0.2) is 0 Å². The largest absolute Gasteiger partial charge is 0.356 e. The molecule has 5 nitrogen and oxygen atoms in total. The molecule has 0 unspecified atom stereocenters. The molecule has 0 aliphatic carbocycles. The zero-order valence-corrected chi connectivity index (χ0v) is 12.3. The van der Waals surface area contributed by atoms with E-state index in [-0.39, 0.29) is 24.2 Å². The standard InChI is InChI=1S/C12H19N3O2S.ClH/c13-5-1-2-6-14-11(16)3-7-15-12(17)10-4-8-18-9-10;/h4,8-9H,1-3,5-7,13H2,(H,14,16)(H,15,17);1H. The molecule has 0 atom stereocenters. The van der Waals surface area contributed by atoms with Gasteiger partial charge >= 0.3 is 0 Å². The fourth-order valence-electron chi connectivity index (χ4n) is 1.37. The van der Waals surface area contributed by atoms with Crippen LogP contribution >= 0.6 is 23.7 Å². The van der Waals surface area contributed by atoms with E-state index in [1.165, 1.54) is 11.3 Å². The van der Waals surface area contributed by atoms with Crippen molar-refractivity contribution in [3.63, 3.8) is 0 Å². The number of hydrogen-bond donors (Lipinski definition) is 3. The van der Waals surface area contributed by atoms with Gasteiger partial charge in [0.05, 0.1) is 0 Å². The van der Waals surface area contributed by atoms with Gasteiger partial charge in [0, 0.05) is 30.5 Å². The molecule has 1 rings (SSSR count). The van der Waals surface area contributed by atoms with Crippen molar-refractivity contribution in [1.29, 1.82) is 0 Å². The van der Waals surface area contributed by atoms with E-state index < -0.39 is 0 Å². The minimum absolute atomic E-state index is 0.